The molecule has 0 amide bonds. The summed E-state index contributed by atoms with van der Waals surface area (Å²) >= 11 is 5.83. The van der Waals surface area contributed by atoms with E-state index in [1.807, 2.05) is 6.92 Å². The maximum Gasteiger partial charge on any atom is 0.240 e. The smallest absolute Gasteiger partial charge is 0.240 e. The average molecular weight is 198 g/mol. The first-order valence-electron chi connectivity index (χ1n) is 3.78. The highest BCUT2D eigenvalue weighted by Gasteiger charge is 2.00. The van der Waals surface area contributed by atoms with Crippen molar-refractivity contribution in [3.05, 3.63) is 23.2 Å². The molecule has 0 aliphatic carbocycles. The lowest BCUT2D eigenvalue weighted by Crippen LogP contribution is -1.91. The van der Waals surface area contributed by atoms with E-state index in [1.165, 1.54) is 6.08 Å². The zero-order valence-corrected chi connectivity index (χ0v) is 7.84. The van der Waals surface area contributed by atoms with Crippen LogP contribution in [0.5, 0.6) is 5.75 Å². The zero-order chi connectivity index (χ0) is 9.68. The second kappa shape index (κ2) is 4.65. The number of benzene rings is 1. The molecule has 0 atom stereocenters. The lowest BCUT2D eigenvalue weighted by Gasteiger charge is -2.04. The van der Waals surface area contributed by atoms with E-state index in [0.29, 0.717) is 23.1 Å². The van der Waals surface area contributed by atoms with E-state index in [4.69, 9.17) is 16.3 Å². The average Bonchev–Trinajstić information content (AvgIpc) is 2.10. The summed E-state index contributed by atoms with van der Waals surface area (Å²) in [6.07, 6.45) is 1.44. The number of nitrogens with zero attached hydrogens (tertiary/aromatic N) is 1. The SMILES string of the molecule is CCOc1ccc(N=C=O)cc1Cl. The number of halogens is 1. The summed E-state index contributed by atoms with van der Waals surface area (Å²) in [5, 5.41) is 0.443. The predicted octanol–water partition coefficient (Wildman–Crippen LogP) is 2.71. The van der Waals surface area contributed by atoms with Crippen molar-refractivity contribution in [3.63, 3.8) is 0 Å². The minimum atomic E-state index is 0.443. The first-order chi connectivity index (χ1) is 6.27. The van der Waals surface area contributed by atoms with Crippen LogP contribution in [0.1, 0.15) is 6.92 Å². The van der Waals surface area contributed by atoms with Gasteiger partial charge in [-0.2, -0.15) is 4.99 Å². The van der Waals surface area contributed by atoms with Crippen molar-refractivity contribution in [1.82, 2.24) is 0 Å². The van der Waals surface area contributed by atoms with Gasteiger partial charge >= 0.3 is 0 Å². The molecule has 13 heavy (non-hydrogen) atoms. The van der Waals surface area contributed by atoms with E-state index in [-0.39, 0.29) is 0 Å². The van der Waals surface area contributed by atoms with E-state index in [0.717, 1.165) is 0 Å². The molecule has 68 valence electrons. The highest BCUT2D eigenvalue weighted by atomic mass is 35.5. The van der Waals surface area contributed by atoms with Crippen LogP contribution in [0.2, 0.25) is 5.02 Å². The van der Waals surface area contributed by atoms with Gasteiger partial charge in [-0.25, -0.2) is 4.79 Å². The van der Waals surface area contributed by atoms with Crippen molar-refractivity contribution in [2.45, 2.75) is 6.92 Å². The predicted molar refractivity (Wildman–Crippen MR) is 50.4 cm³/mol. The van der Waals surface area contributed by atoms with Crippen LogP contribution in [-0.4, -0.2) is 12.7 Å². The molecule has 0 heterocycles. The molecule has 0 fully saturated rings. The fraction of sp³-hybridized carbons (Fsp3) is 0.222. The second-order valence-corrected chi connectivity index (χ2v) is 2.66. The molecule has 0 aromatic heterocycles. The molecule has 0 unspecified atom stereocenters. The fourth-order valence-corrected chi connectivity index (χ4v) is 1.11. The molecule has 1 aromatic carbocycles. The van der Waals surface area contributed by atoms with Crippen LogP contribution >= 0.6 is 11.6 Å². The third-order valence-corrected chi connectivity index (χ3v) is 1.69. The number of ether oxygens (including phenoxy) is 1. The lowest BCUT2D eigenvalue weighted by atomic mass is 10.3. The minimum absolute atomic E-state index is 0.443. The van der Waals surface area contributed by atoms with Crippen LogP contribution in [0.15, 0.2) is 23.2 Å². The molecule has 0 bridgehead atoms. The van der Waals surface area contributed by atoms with Crippen molar-refractivity contribution < 1.29 is 9.53 Å². The molecular weight excluding hydrogens is 190 g/mol. The molecule has 1 rings (SSSR count). The van der Waals surface area contributed by atoms with Crippen LogP contribution in [0.25, 0.3) is 0 Å². The number of hydrogen-bond acceptors (Lipinski definition) is 3. The van der Waals surface area contributed by atoms with Gasteiger partial charge in [-0.1, -0.05) is 11.6 Å². The lowest BCUT2D eigenvalue weighted by molar-refractivity contribution is 0.340. The van der Waals surface area contributed by atoms with Gasteiger partial charge in [-0.3, -0.25) is 0 Å². The molecule has 0 N–H and O–H groups in total. The van der Waals surface area contributed by atoms with Gasteiger partial charge < -0.3 is 4.74 Å². The molecule has 0 aliphatic rings. The van der Waals surface area contributed by atoms with E-state index in [9.17, 15) is 4.79 Å². The third kappa shape index (κ3) is 2.58. The molecule has 0 saturated carbocycles. The van der Waals surface area contributed by atoms with Crippen LogP contribution in [0.4, 0.5) is 5.69 Å². The zero-order valence-electron chi connectivity index (χ0n) is 7.08. The Bertz CT molecular complexity index is 345. The van der Waals surface area contributed by atoms with Crippen molar-refractivity contribution in [3.8, 4) is 5.75 Å². The molecule has 0 aliphatic heterocycles. The fourth-order valence-electron chi connectivity index (χ4n) is 0.885. The summed E-state index contributed by atoms with van der Waals surface area (Å²) in [6, 6.07) is 4.86. The van der Waals surface area contributed by atoms with Crippen molar-refractivity contribution >= 4 is 23.4 Å². The van der Waals surface area contributed by atoms with Gasteiger partial charge in [0.15, 0.2) is 0 Å². The first kappa shape index (κ1) is 9.78. The molecule has 3 nitrogen and oxygen atoms in total. The minimum Gasteiger partial charge on any atom is -0.492 e. The molecule has 0 spiro atoms. The van der Waals surface area contributed by atoms with E-state index in [1.54, 1.807) is 18.2 Å². The maximum absolute atomic E-state index is 9.93. The topological polar surface area (TPSA) is 38.7 Å². The Morgan fingerprint density at radius 2 is 2.38 bits per heavy atom. The Morgan fingerprint density at radius 1 is 1.62 bits per heavy atom. The summed E-state index contributed by atoms with van der Waals surface area (Å²) < 4.78 is 5.20. The Kier molecular flexibility index (Phi) is 3.50. The van der Waals surface area contributed by atoms with Gasteiger partial charge in [0.1, 0.15) is 5.75 Å². The van der Waals surface area contributed by atoms with Gasteiger partial charge in [0, 0.05) is 0 Å². The largest absolute Gasteiger partial charge is 0.492 e. The molecule has 4 heteroatoms. The molecule has 1 aromatic rings. The highest BCUT2D eigenvalue weighted by molar-refractivity contribution is 6.32. The Balaban J connectivity index is 2.97. The van der Waals surface area contributed by atoms with Crippen molar-refractivity contribution in [2.75, 3.05) is 6.61 Å². The van der Waals surface area contributed by atoms with Crippen molar-refractivity contribution in [2.24, 2.45) is 4.99 Å². The van der Waals surface area contributed by atoms with Crippen LogP contribution in [-0.2, 0) is 4.79 Å². The maximum atomic E-state index is 9.93. The summed E-state index contributed by atoms with van der Waals surface area (Å²) in [6.45, 7) is 2.42. The summed E-state index contributed by atoms with van der Waals surface area (Å²) in [5.74, 6) is 0.592. The molecular formula is C9H8ClNO2. The summed E-state index contributed by atoms with van der Waals surface area (Å²) in [5.41, 5.74) is 0.475. The van der Waals surface area contributed by atoms with Crippen LogP contribution in [0, 0.1) is 0 Å². The Hall–Kier alpha value is -1.31. The summed E-state index contributed by atoms with van der Waals surface area (Å²) in [7, 11) is 0. The number of carbonyl (C=O) groups excluding carboxylic acids is 1. The van der Waals surface area contributed by atoms with Gasteiger partial charge in [0.05, 0.1) is 17.3 Å². The normalized spacial score (nSPS) is 9.08. The van der Waals surface area contributed by atoms with E-state index in [2.05, 4.69) is 4.99 Å². The Labute approximate surface area is 81.0 Å². The third-order valence-electron chi connectivity index (χ3n) is 1.39. The van der Waals surface area contributed by atoms with Gasteiger partial charge in [0.25, 0.3) is 0 Å². The summed E-state index contributed by atoms with van der Waals surface area (Å²) in [4.78, 5) is 13.4. The van der Waals surface area contributed by atoms with Gasteiger partial charge in [0.2, 0.25) is 6.08 Å². The van der Waals surface area contributed by atoms with Crippen molar-refractivity contribution in [1.29, 1.82) is 0 Å². The van der Waals surface area contributed by atoms with Gasteiger partial charge in [-0.05, 0) is 25.1 Å². The second-order valence-electron chi connectivity index (χ2n) is 2.25. The standard InChI is InChI=1S/C9H8ClNO2/c1-2-13-9-4-3-7(11-6-12)5-8(9)10/h3-5H,2H2,1H3. The first-order valence-corrected chi connectivity index (χ1v) is 4.16. The van der Waals surface area contributed by atoms with E-state index < -0.39 is 0 Å². The number of aliphatic imine (C=N–C) groups is 1. The highest BCUT2D eigenvalue weighted by Crippen LogP contribution is 2.28. The quantitative estimate of drug-likeness (QED) is 0.552. The number of hydrogen-bond donors (Lipinski definition) is 0. The Morgan fingerprint density at radius 3 is 2.92 bits per heavy atom. The molecule has 0 saturated heterocycles. The van der Waals surface area contributed by atoms with Crippen LogP contribution < -0.4 is 4.74 Å². The number of isocyanates is 1. The van der Waals surface area contributed by atoms with Crippen LogP contribution in [0.3, 0.4) is 0 Å². The monoisotopic (exact) mass is 197 g/mol. The molecule has 0 radical (unpaired) electrons. The van der Waals surface area contributed by atoms with Gasteiger partial charge in [-0.15, -0.1) is 0 Å². The van der Waals surface area contributed by atoms with E-state index >= 15 is 0 Å². The number of rotatable bonds is 3.